The Morgan fingerprint density at radius 1 is 1.37 bits per heavy atom. The third-order valence-electron chi connectivity index (χ3n) is 3.23. The summed E-state index contributed by atoms with van der Waals surface area (Å²) in [5.74, 6) is 1.31. The van der Waals surface area contributed by atoms with Crippen molar-refractivity contribution in [2.75, 3.05) is 31.6 Å². The molecule has 2 rings (SSSR count). The molecular formula is C14H24N4O. The van der Waals surface area contributed by atoms with Crippen LogP contribution in [0.4, 0.5) is 5.95 Å². The Morgan fingerprint density at radius 2 is 2.11 bits per heavy atom. The van der Waals surface area contributed by atoms with Crippen molar-refractivity contribution >= 4 is 5.95 Å². The van der Waals surface area contributed by atoms with Crippen LogP contribution in [0.1, 0.15) is 32.4 Å². The minimum atomic E-state index is 0.342. The average molecular weight is 264 g/mol. The molecule has 1 N–H and O–H groups in total. The number of likely N-dealkylation sites (tertiary alicyclic amines) is 1. The van der Waals surface area contributed by atoms with Crippen molar-refractivity contribution in [1.29, 1.82) is 0 Å². The van der Waals surface area contributed by atoms with E-state index in [0.29, 0.717) is 24.5 Å². The van der Waals surface area contributed by atoms with Gasteiger partial charge in [0.1, 0.15) is 0 Å². The molecule has 0 aromatic carbocycles. The Morgan fingerprint density at radius 3 is 2.79 bits per heavy atom. The van der Waals surface area contributed by atoms with Gasteiger partial charge in [0.15, 0.2) is 0 Å². The van der Waals surface area contributed by atoms with Crippen LogP contribution < -0.4 is 10.1 Å². The molecule has 1 aromatic rings. The molecule has 0 bridgehead atoms. The van der Waals surface area contributed by atoms with E-state index in [-0.39, 0.29) is 0 Å². The van der Waals surface area contributed by atoms with Gasteiger partial charge in [0.25, 0.3) is 0 Å². The maximum absolute atomic E-state index is 5.44. The van der Waals surface area contributed by atoms with Gasteiger partial charge >= 0.3 is 0 Å². The van der Waals surface area contributed by atoms with E-state index >= 15 is 0 Å². The van der Waals surface area contributed by atoms with E-state index in [1.165, 1.54) is 25.9 Å². The highest BCUT2D eigenvalue weighted by Gasteiger charge is 2.15. The van der Waals surface area contributed by atoms with E-state index in [0.717, 1.165) is 12.2 Å². The smallest absolute Gasteiger partial charge is 0.226 e. The van der Waals surface area contributed by atoms with E-state index < -0.39 is 0 Å². The van der Waals surface area contributed by atoms with Gasteiger partial charge in [-0.3, -0.25) is 0 Å². The fourth-order valence-electron chi connectivity index (χ4n) is 2.44. The van der Waals surface area contributed by atoms with Crippen molar-refractivity contribution in [3.63, 3.8) is 0 Å². The summed E-state index contributed by atoms with van der Waals surface area (Å²) in [6.45, 7) is 10.2. The monoisotopic (exact) mass is 264 g/mol. The van der Waals surface area contributed by atoms with Gasteiger partial charge in [-0.2, -0.15) is 4.98 Å². The van der Waals surface area contributed by atoms with E-state index in [1.54, 1.807) is 0 Å². The molecule has 0 spiro atoms. The summed E-state index contributed by atoms with van der Waals surface area (Å²) in [7, 11) is 0. The first-order valence-electron chi connectivity index (χ1n) is 7.14. The number of hydrogen-bond donors (Lipinski definition) is 1. The van der Waals surface area contributed by atoms with E-state index in [1.807, 2.05) is 19.9 Å². The molecule has 0 saturated carbocycles. The average Bonchev–Trinajstić information content (AvgIpc) is 2.81. The summed E-state index contributed by atoms with van der Waals surface area (Å²) < 4.78 is 5.44. The van der Waals surface area contributed by atoms with Crippen LogP contribution in [0, 0.1) is 6.92 Å². The lowest BCUT2D eigenvalue weighted by molar-refractivity contribution is 0.322. The van der Waals surface area contributed by atoms with Crippen LogP contribution in [0.15, 0.2) is 6.07 Å². The standard InChI is InChI=1S/C14H24N4O/c1-4-19-13-9-11(2)15-14(17-13)16-12(3)10-18-7-5-6-8-18/h9,12H,4-8,10H2,1-3H3,(H,15,16,17). The van der Waals surface area contributed by atoms with Crippen molar-refractivity contribution in [2.24, 2.45) is 0 Å². The first-order valence-corrected chi connectivity index (χ1v) is 7.14. The molecule has 0 radical (unpaired) electrons. The Balaban J connectivity index is 1.93. The zero-order valence-electron chi connectivity index (χ0n) is 12.1. The fraction of sp³-hybridized carbons (Fsp3) is 0.714. The summed E-state index contributed by atoms with van der Waals surface area (Å²) in [4.78, 5) is 11.3. The van der Waals surface area contributed by atoms with Crippen molar-refractivity contribution < 1.29 is 4.74 Å². The predicted molar refractivity (Wildman–Crippen MR) is 76.7 cm³/mol. The highest BCUT2D eigenvalue weighted by molar-refractivity contribution is 5.31. The van der Waals surface area contributed by atoms with Crippen LogP contribution in [0.3, 0.4) is 0 Å². The minimum Gasteiger partial charge on any atom is -0.478 e. The number of aryl methyl sites for hydroxylation is 1. The molecule has 1 aliphatic heterocycles. The molecule has 1 aliphatic rings. The third kappa shape index (κ3) is 4.35. The molecule has 0 aliphatic carbocycles. The Labute approximate surface area is 115 Å². The molecule has 5 nitrogen and oxygen atoms in total. The quantitative estimate of drug-likeness (QED) is 0.852. The second kappa shape index (κ2) is 6.70. The third-order valence-corrected chi connectivity index (χ3v) is 3.23. The van der Waals surface area contributed by atoms with Crippen LogP contribution in [-0.4, -0.2) is 47.2 Å². The molecule has 1 atom stereocenters. The van der Waals surface area contributed by atoms with Gasteiger partial charge in [-0.05, 0) is 46.7 Å². The maximum atomic E-state index is 5.44. The minimum absolute atomic E-state index is 0.342. The highest BCUT2D eigenvalue weighted by Crippen LogP contribution is 2.14. The van der Waals surface area contributed by atoms with Crippen LogP contribution in [-0.2, 0) is 0 Å². The van der Waals surface area contributed by atoms with Gasteiger partial charge in [0, 0.05) is 24.3 Å². The number of nitrogens with one attached hydrogen (secondary N) is 1. The molecule has 106 valence electrons. The molecule has 1 aromatic heterocycles. The molecule has 0 amide bonds. The zero-order valence-corrected chi connectivity index (χ0v) is 12.1. The number of hydrogen-bond acceptors (Lipinski definition) is 5. The van der Waals surface area contributed by atoms with E-state index in [4.69, 9.17) is 4.74 Å². The number of rotatable bonds is 6. The lowest BCUT2D eigenvalue weighted by Crippen LogP contribution is -2.33. The van der Waals surface area contributed by atoms with Gasteiger partial charge in [0.2, 0.25) is 11.8 Å². The summed E-state index contributed by atoms with van der Waals surface area (Å²) >= 11 is 0. The van der Waals surface area contributed by atoms with Crippen molar-refractivity contribution in [2.45, 2.75) is 39.7 Å². The lowest BCUT2D eigenvalue weighted by atomic mass is 10.3. The SMILES string of the molecule is CCOc1cc(C)nc(NC(C)CN2CCCC2)n1. The second-order valence-corrected chi connectivity index (χ2v) is 5.16. The van der Waals surface area contributed by atoms with Gasteiger partial charge in [-0.15, -0.1) is 0 Å². The van der Waals surface area contributed by atoms with Crippen LogP contribution in [0.2, 0.25) is 0 Å². The molecule has 19 heavy (non-hydrogen) atoms. The maximum Gasteiger partial charge on any atom is 0.226 e. The summed E-state index contributed by atoms with van der Waals surface area (Å²) in [5.41, 5.74) is 0.925. The van der Waals surface area contributed by atoms with Crippen molar-refractivity contribution in [1.82, 2.24) is 14.9 Å². The van der Waals surface area contributed by atoms with Crippen LogP contribution in [0.25, 0.3) is 0 Å². The van der Waals surface area contributed by atoms with E-state index in [9.17, 15) is 0 Å². The summed E-state index contributed by atoms with van der Waals surface area (Å²) in [6.07, 6.45) is 2.64. The van der Waals surface area contributed by atoms with Gasteiger partial charge < -0.3 is 15.0 Å². The molecule has 1 fully saturated rings. The second-order valence-electron chi connectivity index (χ2n) is 5.16. The van der Waals surface area contributed by atoms with Gasteiger partial charge in [-0.25, -0.2) is 4.98 Å². The molecular weight excluding hydrogens is 240 g/mol. The zero-order chi connectivity index (χ0) is 13.7. The first kappa shape index (κ1) is 14.1. The molecule has 1 unspecified atom stereocenters. The Hall–Kier alpha value is -1.36. The Bertz CT molecular complexity index is 404. The van der Waals surface area contributed by atoms with E-state index in [2.05, 4.69) is 27.1 Å². The molecule has 1 saturated heterocycles. The summed E-state index contributed by atoms with van der Waals surface area (Å²) in [6, 6.07) is 2.20. The van der Waals surface area contributed by atoms with Crippen LogP contribution >= 0.6 is 0 Å². The largest absolute Gasteiger partial charge is 0.478 e. The van der Waals surface area contributed by atoms with Crippen molar-refractivity contribution in [3.05, 3.63) is 11.8 Å². The topological polar surface area (TPSA) is 50.3 Å². The van der Waals surface area contributed by atoms with Gasteiger partial charge in [0.05, 0.1) is 6.61 Å². The predicted octanol–water partition coefficient (Wildman–Crippen LogP) is 2.08. The first-order chi connectivity index (χ1) is 9.17. The number of aromatic nitrogens is 2. The Kier molecular flexibility index (Phi) is 4.96. The lowest BCUT2D eigenvalue weighted by Gasteiger charge is -2.21. The normalized spacial score (nSPS) is 17.4. The number of nitrogens with zero attached hydrogens (tertiary/aromatic N) is 3. The molecule has 5 heteroatoms. The van der Waals surface area contributed by atoms with Crippen LogP contribution in [0.5, 0.6) is 5.88 Å². The van der Waals surface area contributed by atoms with Gasteiger partial charge in [-0.1, -0.05) is 0 Å². The highest BCUT2D eigenvalue weighted by atomic mass is 16.5. The molecule has 2 heterocycles. The fourth-order valence-corrected chi connectivity index (χ4v) is 2.44. The number of ether oxygens (including phenoxy) is 1. The van der Waals surface area contributed by atoms with Crippen molar-refractivity contribution in [3.8, 4) is 5.88 Å². The number of anilines is 1. The summed E-state index contributed by atoms with van der Waals surface area (Å²) in [5, 5.41) is 3.36.